The molecule has 2 aliphatic heterocycles. The van der Waals surface area contributed by atoms with Crippen LogP contribution in [-0.4, -0.2) is 31.3 Å². The molecule has 5 rings (SSSR count). The van der Waals surface area contributed by atoms with Gasteiger partial charge in [0.25, 0.3) is 5.79 Å². The SMILES string of the molecule is COc1ccc(C)cc1N1C[C@@H](C(=O)Nc2ccc3c(c2)OC2(CCCC2)O3)CC1=O. The minimum absolute atomic E-state index is 0.0853. The van der Waals surface area contributed by atoms with E-state index in [1.54, 1.807) is 18.1 Å². The Bertz CT molecular complexity index is 1040. The molecule has 0 radical (unpaired) electrons. The Balaban J connectivity index is 1.28. The molecule has 1 N–H and O–H groups in total. The monoisotopic (exact) mass is 422 g/mol. The number of fused-ring (bicyclic) bond motifs is 1. The molecule has 1 atom stereocenters. The fraction of sp³-hybridized carbons (Fsp3) is 0.417. The summed E-state index contributed by atoms with van der Waals surface area (Å²) < 4.78 is 17.5. The van der Waals surface area contributed by atoms with Crippen LogP contribution in [0, 0.1) is 12.8 Å². The number of hydrogen-bond acceptors (Lipinski definition) is 5. The Morgan fingerprint density at radius 2 is 1.90 bits per heavy atom. The van der Waals surface area contributed by atoms with Gasteiger partial charge in [0.05, 0.1) is 18.7 Å². The number of carbonyl (C=O) groups is 2. The maximum Gasteiger partial charge on any atom is 0.251 e. The van der Waals surface area contributed by atoms with Crippen LogP contribution in [0.25, 0.3) is 0 Å². The van der Waals surface area contributed by atoms with Gasteiger partial charge < -0.3 is 24.4 Å². The lowest BCUT2D eigenvalue weighted by Gasteiger charge is -2.21. The highest BCUT2D eigenvalue weighted by Crippen LogP contribution is 2.47. The first-order valence-corrected chi connectivity index (χ1v) is 10.7. The number of nitrogens with zero attached hydrogens (tertiary/aromatic N) is 1. The van der Waals surface area contributed by atoms with E-state index in [1.165, 1.54) is 0 Å². The number of methoxy groups -OCH3 is 1. The summed E-state index contributed by atoms with van der Waals surface area (Å²) in [5.74, 6) is 0.758. The number of nitrogens with one attached hydrogen (secondary N) is 1. The number of amides is 2. The van der Waals surface area contributed by atoms with E-state index in [2.05, 4.69) is 5.32 Å². The molecule has 7 heteroatoms. The van der Waals surface area contributed by atoms with E-state index in [0.29, 0.717) is 35.2 Å². The van der Waals surface area contributed by atoms with Crippen LogP contribution in [0.5, 0.6) is 17.2 Å². The Morgan fingerprint density at radius 1 is 1.13 bits per heavy atom. The second-order valence-corrected chi connectivity index (χ2v) is 8.55. The predicted octanol–water partition coefficient (Wildman–Crippen LogP) is 4.04. The third-order valence-electron chi connectivity index (χ3n) is 6.29. The standard InChI is InChI=1S/C24H26N2O5/c1-15-5-7-19(29-2)18(11-15)26-14-16(12-22(26)27)23(28)25-17-6-8-20-21(13-17)31-24(30-20)9-3-4-10-24/h5-8,11,13,16H,3-4,9-10,12,14H2,1-2H3,(H,25,28)/t16-/m0/s1. The van der Waals surface area contributed by atoms with Crippen molar-refractivity contribution in [3.63, 3.8) is 0 Å². The van der Waals surface area contributed by atoms with Gasteiger partial charge in [0.15, 0.2) is 11.5 Å². The number of hydrogen-bond donors (Lipinski definition) is 1. The van der Waals surface area contributed by atoms with Crippen molar-refractivity contribution in [1.82, 2.24) is 0 Å². The van der Waals surface area contributed by atoms with Gasteiger partial charge in [0, 0.05) is 37.6 Å². The molecular formula is C24H26N2O5. The molecule has 3 aliphatic rings. The van der Waals surface area contributed by atoms with Crippen molar-refractivity contribution >= 4 is 23.2 Å². The van der Waals surface area contributed by atoms with E-state index in [4.69, 9.17) is 14.2 Å². The summed E-state index contributed by atoms with van der Waals surface area (Å²) >= 11 is 0. The van der Waals surface area contributed by atoms with Crippen LogP contribution >= 0.6 is 0 Å². The van der Waals surface area contributed by atoms with Gasteiger partial charge in [-0.05, 0) is 49.6 Å². The van der Waals surface area contributed by atoms with E-state index < -0.39 is 11.7 Å². The second-order valence-electron chi connectivity index (χ2n) is 8.55. The number of aryl methyl sites for hydroxylation is 1. The van der Waals surface area contributed by atoms with E-state index in [-0.39, 0.29) is 18.2 Å². The molecule has 1 saturated carbocycles. The van der Waals surface area contributed by atoms with Gasteiger partial charge in [-0.2, -0.15) is 0 Å². The number of ether oxygens (including phenoxy) is 3. The van der Waals surface area contributed by atoms with Crippen molar-refractivity contribution in [2.45, 2.75) is 44.8 Å². The largest absolute Gasteiger partial charge is 0.495 e. The fourth-order valence-corrected chi connectivity index (χ4v) is 4.66. The molecule has 0 aromatic heterocycles. The molecule has 2 aromatic rings. The number of rotatable bonds is 4. The molecule has 2 fully saturated rings. The van der Waals surface area contributed by atoms with Crippen molar-refractivity contribution in [2.75, 3.05) is 23.9 Å². The second kappa shape index (κ2) is 7.48. The third-order valence-corrected chi connectivity index (χ3v) is 6.29. The summed E-state index contributed by atoms with van der Waals surface area (Å²) in [5.41, 5.74) is 2.37. The van der Waals surface area contributed by atoms with E-state index >= 15 is 0 Å². The lowest BCUT2D eigenvalue weighted by Crippen LogP contribution is -2.34. The molecule has 1 saturated heterocycles. The minimum Gasteiger partial charge on any atom is -0.495 e. The average Bonchev–Trinajstić information content (AvgIpc) is 3.46. The first-order valence-electron chi connectivity index (χ1n) is 10.7. The van der Waals surface area contributed by atoms with Crippen molar-refractivity contribution in [3.05, 3.63) is 42.0 Å². The van der Waals surface area contributed by atoms with Gasteiger partial charge in [0.2, 0.25) is 11.8 Å². The molecule has 0 unspecified atom stereocenters. The van der Waals surface area contributed by atoms with Crippen LogP contribution in [-0.2, 0) is 9.59 Å². The van der Waals surface area contributed by atoms with E-state index in [9.17, 15) is 9.59 Å². The highest BCUT2D eigenvalue weighted by molar-refractivity contribution is 6.04. The summed E-state index contributed by atoms with van der Waals surface area (Å²) in [6.07, 6.45) is 4.11. The maximum atomic E-state index is 12.9. The van der Waals surface area contributed by atoms with Crippen LogP contribution in [0.1, 0.15) is 37.7 Å². The lowest BCUT2D eigenvalue weighted by molar-refractivity contribution is -0.122. The predicted molar refractivity (Wildman–Crippen MR) is 116 cm³/mol. The highest BCUT2D eigenvalue weighted by atomic mass is 16.7. The average molecular weight is 422 g/mol. The zero-order chi connectivity index (χ0) is 21.6. The van der Waals surface area contributed by atoms with Gasteiger partial charge in [-0.3, -0.25) is 9.59 Å². The Morgan fingerprint density at radius 3 is 2.68 bits per heavy atom. The zero-order valence-electron chi connectivity index (χ0n) is 17.8. The minimum atomic E-state index is -0.532. The molecule has 31 heavy (non-hydrogen) atoms. The number of anilines is 2. The van der Waals surface area contributed by atoms with Crippen molar-refractivity contribution in [3.8, 4) is 17.2 Å². The van der Waals surface area contributed by atoms with Crippen LogP contribution in [0.4, 0.5) is 11.4 Å². The zero-order valence-corrected chi connectivity index (χ0v) is 17.8. The molecule has 2 heterocycles. The lowest BCUT2D eigenvalue weighted by atomic mass is 10.1. The van der Waals surface area contributed by atoms with E-state index in [0.717, 1.165) is 31.2 Å². The highest BCUT2D eigenvalue weighted by Gasteiger charge is 2.44. The molecule has 0 bridgehead atoms. The van der Waals surface area contributed by atoms with Crippen molar-refractivity contribution in [1.29, 1.82) is 0 Å². The summed E-state index contributed by atoms with van der Waals surface area (Å²) in [5, 5.41) is 2.94. The number of carbonyl (C=O) groups excluding carboxylic acids is 2. The normalized spacial score (nSPS) is 21.0. The number of benzene rings is 2. The quantitative estimate of drug-likeness (QED) is 0.805. The molecule has 1 spiro atoms. The Hall–Kier alpha value is -3.22. The first kappa shape index (κ1) is 19.7. The molecule has 7 nitrogen and oxygen atoms in total. The van der Waals surface area contributed by atoms with Gasteiger partial charge in [-0.25, -0.2) is 0 Å². The molecule has 2 amide bonds. The summed E-state index contributed by atoms with van der Waals surface area (Å²) in [7, 11) is 1.58. The smallest absolute Gasteiger partial charge is 0.251 e. The molecule has 1 aliphatic carbocycles. The third kappa shape index (κ3) is 3.58. The van der Waals surface area contributed by atoms with Gasteiger partial charge >= 0.3 is 0 Å². The van der Waals surface area contributed by atoms with Crippen LogP contribution in [0.3, 0.4) is 0 Å². The Labute approximate surface area is 181 Å². The van der Waals surface area contributed by atoms with Crippen molar-refractivity contribution in [2.24, 2.45) is 5.92 Å². The van der Waals surface area contributed by atoms with Gasteiger partial charge in [0.1, 0.15) is 5.75 Å². The topological polar surface area (TPSA) is 77.1 Å². The molecular weight excluding hydrogens is 396 g/mol. The summed E-state index contributed by atoms with van der Waals surface area (Å²) in [6.45, 7) is 2.28. The van der Waals surface area contributed by atoms with Crippen molar-refractivity contribution < 1.29 is 23.8 Å². The molecule has 2 aromatic carbocycles. The van der Waals surface area contributed by atoms with Crippen LogP contribution in [0.2, 0.25) is 0 Å². The molecule has 162 valence electrons. The fourth-order valence-electron chi connectivity index (χ4n) is 4.66. The van der Waals surface area contributed by atoms with Crippen LogP contribution in [0.15, 0.2) is 36.4 Å². The van der Waals surface area contributed by atoms with Gasteiger partial charge in [-0.1, -0.05) is 6.07 Å². The Kier molecular flexibility index (Phi) is 4.76. The van der Waals surface area contributed by atoms with Gasteiger partial charge in [-0.15, -0.1) is 0 Å². The summed E-state index contributed by atoms with van der Waals surface area (Å²) in [4.78, 5) is 27.2. The van der Waals surface area contributed by atoms with Crippen LogP contribution < -0.4 is 24.4 Å². The summed E-state index contributed by atoms with van der Waals surface area (Å²) in [6, 6.07) is 11.1. The first-order chi connectivity index (χ1) is 15.0. The maximum absolute atomic E-state index is 12.9. The van der Waals surface area contributed by atoms with E-state index in [1.807, 2.05) is 37.3 Å².